The molecule has 3 aromatic rings. The van der Waals surface area contributed by atoms with Crippen molar-refractivity contribution >= 4 is 5.91 Å². The van der Waals surface area contributed by atoms with Gasteiger partial charge in [0.05, 0.1) is 13.2 Å². The van der Waals surface area contributed by atoms with E-state index in [-0.39, 0.29) is 5.91 Å². The molecule has 0 unspecified atom stereocenters. The number of rotatable bonds is 8. The number of morpholine rings is 1. The van der Waals surface area contributed by atoms with E-state index in [1.165, 1.54) is 5.56 Å². The van der Waals surface area contributed by atoms with Crippen LogP contribution in [0.4, 0.5) is 0 Å². The van der Waals surface area contributed by atoms with Crippen LogP contribution in [0.5, 0.6) is 5.75 Å². The summed E-state index contributed by atoms with van der Waals surface area (Å²) in [7, 11) is 0. The molecule has 31 heavy (non-hydrogen) atoms. The number of ether oxygens (including phenoxy) is 2. The Morgan fingerprint density at radius 2 is 1.48 bits per heavy atom. The number of hydrogen-bond donors (Lipinski definition) is 1. The first-order chi connectivity index (χ1) is 15.3. The smallest absolute Gasteiger partial charge is 0.266 e. The topological polar surface area (TPSA) is 50.8 Å². The van der Waals surface area contributed by atoms with Crippen molar-refractivity contribution in [2.75, 3.05) is 26.3 Å². The van der Waals surface area contributed by atoms with Crippen molar-refractivity contribution in [3.63, 3.8) is 0 Å². The Kier molecular flexibility index (Phi) is 7.32. The van der Waals surface area contributed by atoms with Gasteiger partial charge in [0.1, 0.15) is 5.75 Å². The minimum Gasteiger partial charge on any atom is -0.476 e. The van der Waals surface area contributed by atoms with E-state index in [0.717, 1.165) is 44.0 Å². The normalized spacial score (nSPS) is 15.2. The van der Waals surface area contributed by atoms with Gasteiger partial charge in [-0.3, -0.25) is 9.69 Å². The predicted molar refractivity (Wildman–Crippen MR) is 121 cm³/mol. The summed E-state index contributed by atoms with van der Waals surface area (Å²) in [5.41, 5.74) is 3.15. The highest BCUT2D eigenvalue weighted by molar-refractivity contribution is 5.82. The molecule has 1 heterocycles. The third-order valence-electron chi connectivity index (χ3n) is 5.34. The van der Waals surface area contributed by atoms with Gasteiger partial charge in [0, 0.05) is 31.7 Å². The molecule has 3 aromatic carbocycles. The molecule has 1 aliphatic heterocycles. The molecule has 0 saturated carbocycles. The van der Waals surface area contributed by atoms with Crippen molar-refractivity contribution in [1.29, 1.82) is 0 Å². The molecule has 1 atom stereocenters. The van der Waals surface area contributed by atoms with Crippen LogP contribution in [0.3, 0.4) is 0 Å². The zero-order chi connectivity index (χ0) is 21.3. The van der Waals surface area contributed by atoms with Crippen LogP contribution in [0.2, 0.25) is 0 Å². The van der Waals surface area contributed by atoms with Crippen molar-refractivity contribution in [2.45, 2.75) is 19.2 Å². The summed E-state index contributed by atoms with van der Waals surface area (Å²) in [5, 5.41) is 3.03. The van der Waals surface area contributed by atoms with Gasteiger partial charge in [0.25, 0.3) is 5.91 Å². The van der Waals surface area contributed by atoms with Crippen LogP contribution >= 0.6 is 0 Å². The highest BCUT2D eigenvalue weighted by Gasteiger charge is 2.22. The second-order valence-corrected chi connectivity index (χ2v) is 7.64. The van der Waals surface area contributed by atoms with Crippen LogP contribution in [0.15, 0.2) is 84.9 Å². The lowest BCUT2D eigenvalue weighted by Crippen LogP contribution is -2.35. The van der Waals surface area contributed by atoms with Crippen LogP contribution < -0.4 is 10.1 Å². The number of nitrogens with one attached hydrogen (secondary N) is 1. The summed E-state index contributed by atoms with van der Waals surface area (Å²) >= 11 is 0. The Morgan fingerprint density at radius 1 is 0.871 bits per heavy atom. The molecule has 0 bridgehead atoms. The van der Waals surface area contributed by atoms with E-state index in [0.29, 0.717) is 12.3 Å². The Labute approximate surface area is 183 Å². The summed E-state index contributed by atoms with van der Waals surface area (Å²) in [4.78, 5) is 15.4. The van der Waals surface area contributed by atoms with Crippen LogP contribution in [-0.2, 0) is 22.6 Å². The third-order valence-corrected chi connectivity index (χ3v) is 5.34. The summed E-state index contributed by atoms with van der Waals surface area (Å²) in [6, 6.07) is 27.4. The minimum atomic E-state index is -0.704. The molecule has 160 valence electrons. The van der Waals surface area contributed by atoms with Crippen LogP contribution in [0.1, 0.15) is 22.8 Å². The summed E-state index contributed by atoms with van der Waals surface area (Å²) in [6.45, 7) is 4.94. The van der Waals surface area contributed by atoms with Crippen molar-refractivity contribution in [2.24, 2.45) is 0 Å². The van der Waals surface area contributed by atoms with Crippen molar-refractivity contribution in [1.82, 2.24) is 10.2 Å². The maximum Gasteiger partial charge on any atom is 0.266 e. The molecule has 0 spiro atoms. The van der Waals surface area contributed by atoms with Crippen LogP contribution in [0, 0.1) is 0 Å². The lowest BCUT2D eigenvalue weighted by molar-refractivity contribution is -0.128. The Hall–Kier alpha value is -3.15. The predicted octanol–water partition coefficient (Wildman–Crippen LogP) is 3.96. The van der Waals surface area contributed by atoms with Gasteiger partial charge in [-0.2, -0.15) is 0 Å². The molecular formula is C26H28N2O3. The second kappa shape index (κ2) is 10.8. The van der Waals surface area contributed by atoms with Gasteiger partial charge < -0.3 is 14.8 Å². The maximum absolute atomic E-state index is 13.0. The fraction of sp³-hybridized carbons (Fsp3) is 0.269. The molecule has 5 nitrogen and oxygen atoms in total. The Bertz CT molecular complexity index is 939. The van der Waals surface area contributed by atoms with Gasteiger partial charge in [-0.05, 0) is 23.3 Å². The maximum atomic E-state index is 13.0. The molecule has 0 aromatic heterocycles. The molecule has 1 fully saturated rings. The van der Waals surface area contributed by atoms with Gasteiger partial charge in [0.2, 0.25) is 6.10 Å². The number of para-hydroxylation sites is 1. The molecule has 1 N–H and O–H groups in total. The number of benzene rings is 3. The van der Waals surface area contributed by atoms with E-state index < -0.39 is 6.10 Å². The monoisotopic (exact) mass is 416 g/mol. The van der Waals surface area contributed by atoms with Crippen molar-refractivity contribution < 1.29 is 14.3 Å². The summed E-state index contributed by atoms with van der Waals surface area (Å²) in [6.07, 6.45) is -0.704. The lowest BCUT2D eigenvalue weighted by Gasteiger charge is -2.26. The second-order valence-electron chi connectivity index (χ2n) is 7.64. The number of amides is 1. The Morgan fingerprint density at radius 3 is 2.16 bits per heavy atom. The zero-order valence-corrected chi connectivity index (χ0v) is 17.6. The van der Waals surface area contributed by atoms with Gasteiger partial charge in [-0.1, -0.05) is 72.8 Å². The molecule has 1 aliphatic rings. The Balaban J connectivity index is 1.37. The van der Waals surface area contributed by atoms with E-state index in [1.54, 1.807) is 0 Å². The molecule has 1 saturated heterocycles. The number of carbonyl (C=O) groups excluding carboxylic acids is 1. The van der Waals surface area contributed by atoms with Crippen LogP contribution in [-0.4, -0.2) is 37.1 Å². The molecular weight excluding hydrogens is 388 g/mol. The average molecular weight is 417 g/mol. The summed E-state index contributed by atoms with van der Waals surface area (Å²) in [5.74, 6) is 0.506. The summed E-state index contributed by atoms with van der Waals surface area (Å²) < 4.78 is 11.4. The molecule has 5 heteroatoms. The van der Waals surface area contributed by atoms with Gasteiger partial charge in [-0.15, -0.1) is 0 Å². The standard InChI is InChI=1S/C26H28N2O3/c29-26(25(23-7-3-1-4-8-23)31-24-9-5-2-6-10-24)27-19-21-11-13-22(14-12-21)20-28-15-17-30-18-16-28/h1-14,25H,15-20H2,(H,27,29)/t25-/m1/s1. The number of hydrogen-bond acceptors (Lipinski definition) is 4. The third kappa shape index (κ3) is 6.17. The highest BCUT2D eigenvalue weighted by atomic mass is 16.5. The van der Waals surface area contributed by atoms with E-state index in [2.05, 4.69) is 34.5 Å². The fourth-order valence-corrected chi connectivity index (χ4v) is 3.60. The number of nitrogens with zero attached hydrogens (tertiary/aromatic N) is 1. The van der Waals surface area contributed by atoms with Gasteiger partial charge in [0.15, 0.2) is 0 Å². The molecule has 4 rings (SSSR count). The van der Waals surface area contributed by atoms with E-state index in [1.807, 2.05) is 60.7 Å². The van der Waals surface area contributed by atoms with Gasteiger partial charge in [-0.25, -0.2) is 0 Å². The average Bonchev–Trinajstić information content (AvgIpc) is 2.84. The first-order valence-corrected chi connectivity index (χ1v) is 10.7. The van der Waals surface area contributed by atoms with E-state index in [9.17, 15) is 4.79 Å². The first kappa shape index (κ1) is 21.1. The number of carbonyl (C=O) groups is 1. The molecule has 0 aliphatic carbocycles. The fourth-order valence-electron chi connectivity index (χ4n) is 3.60. The van der Waals surface area contributed by atoms with Crippen molar-refractivity contribution in [3.8, 4) is 5.75 Å². The van der Waals surface area contributed by atoms with Crippen LogP contribution in [0.25, 0.3) is 0 Å². The molecule has 1 amide bonds. The molecule has 0 radical (unpaired) electrons. The van der Waals surface area contributed by atoms with E-state index >= 15 is 0 Å². The van der Waals surface area contributed by atoms with Crippen molar-refractivity contribution in [3.05, 3.63) is 102 Å². The largest absolute Gasteiger partial charge is 0.476 e. The van der Waals surface area contributed by atoms with E-state index in [4.69, 9.17) is 9.47 Å². The van der Waals surface area contributed by atoms with Gasteiger partial charge >= 0.3 is 0 Å². The zero-order valence-electron chi connectivity index (χ0n) is 17.6. The minimum absolute atomic E-state index is 0.160. The highest BCUT2D eigenvalue weighted by Crippen LogP contribution is 2.22. The lowest BCUT2D eigenvalue weighted by atomic mass is 10.1. The SMILES string of the molecule is O=C(NCc1ccc(CN2CCOCC2)cc1)[C@H](Oc1ccccc1)c1ccccc1. The first-order valence-electron chi connectivity index (χ1n) is 10.7. The quantitative estimate of drug-likeness (QED) is 0.604.